The summed E-state index contributed by atoms with van der Waals surface area (Å²) in [6, 6.07) is 3.52. The molecule has 1 aliphatic heterocycles. The van der Waals surface area contributed by atoms with Crippen LogP contribution in [-0.4, -0.2) is 52.3 Å². The fourth-order valence-electron chi connectivity index (χ4n) is 3.02. The number of anilines is 1. The van der Waals surface area contributed by atoms with E-state index in [9.17, 15) is 9.59 Å². The first kappa shape index (κ1) is 17.2. The number of pyridine rings is 1. The van der Waals surface area contributed by atoms with Crippen molar-refractivity contribution in [1.29, 1.82) is 0 Å². The first-order valence-corrected chi connectivity index (χ1v) is 8.22. The first-order valence-electron chi connectivity index (χ1n) is 8.22. The quantitative estimate of drug-likeness (QED) is 0.765. The van der Waals surface area contributed by atoms with Crippen molar-refractivity contribution >= 4 is 5.69 Å². The normalized spacial score (nSPS) is 15.4. The van der Waals surface area contributed by atoms with Gasteiger partial charge in [-0.25, -0.2) is 4.79 Å². The van der Waals surface area contributed by atoms with Crippen LogP contribution in [0.3, 0.4) is 0 Å². The number of methoxy groups -OCH3 is 1. The average Bonchev–Trinajstić information content (AvgIpc) is 2.65. The Balaban J connectivity index is 1.67. The van der Waals surface area contributed by atoms with E-state index >= 15 is 0 Å². The van der Waals surface area contributed by atoms with E-state index in [0.29, 0.717) is 6.54 Å². The number of hydrogen-bond acceptors (Lipinski definition) is 6. The van der Waals surface area contributed by atoms with E-state index in [1.807, 2.05) is 12.3 Å². The zero-order valence-electron chi connectivity index (χ0n) is 14.8. The Morgan fingerprint density at radius 1 is 1.04 bits per heavy atom. The SMILES string of the molecule is COc1cncc(N2CCN(Cc3cc(=O)n(C)c(=O)n3C)CC2)c1. The molecule has 0 saturated carbocycles. The van der Waals surface area contributed by atoms with E-state index in [4.69, 9.17) is 4.74 Å². The largest absolute Gasteiger partial charge is 0.495 e. The van der Waals surface area contributed by atoms with Crippen LogP contribution in [0.25, 0.3) is 0 Å². The lowest BCUT2D eigenvalue weighted by molar-refractivity contribution is 0.243. The number of aromatic nitrogens is 3. The molecule has 1 aliphatic rings. The Bertz CT molecular complexity index is 865. The molecule has 0 aliphatic carbocycles. The van der Waals surface area contributed by atoms with Crippen molar-refractivity contribution in [2.24, 2.45) is 14.1 Å². The molecule has 0 spiro atoms. The van der Waals surface area contributed by atoms with Gasteiger partial charge in [0.05, 0.1) is 25.2 Å². The fraction of sp³-hybridized carbons (Fsp3) is 0.471. The molecule has 0 radical (unpaired) electrons. The lowest BCUT2D eigenvalue weighted by Crippen LogP contribution is -2.47. The van der Waals surface area contributed by atoms with Gasteiger partial charge in [0.25, 0.3) is 5.56 Å². The Morgan fingerprint density at radius 3 is 2.44 bits per heavy atom. The molecule has 0 amide bonds. The highest BCUT2D eigenvalue weighted by molar-refractivity contribution is 5.48. The van der Waals surface area contributed by atoms with Gasteiger partial charge in [-0.2, -0.15) is 0 Å². The summed E-state index contributed by atoms with van der Waals surface area (Å²) in [5.41, 5.74) is 1.23. The molecule has 25 heavy (non-hydrogen) atoms. The van der Waals surface area contributed by atoms with Crippen LogP contribution < -0.4 is 20.9 Å². The van der Waals surface area contributed by atoms with Crippen LogP contribution in [0.4, 0.5) is 5.69 Å². The molecule has 0 aromatic carbocycles. The zero-order chi connectivity index (χ0) is 18.0. The van der Waals surface area contributed by atoms with Crippen LogP contribution in [0.5, 0.6) is 5.75 Å². The number of ether oxygens (including phenoxy) is 1. The van der Waals surface area contributed by atoms with Gasteiger partial charge < -0.3 is 9.64 Å². The lowest BCUT2D eigenvalue weighted by atomic mass is 10.2. The number of rotatable bonds is 4. The average molecular weight is 345 g/mol. The molecule has 134 valence electrons. The summed E-state index contributed by atoms with van der Waals surface area (Å²) in [6.07, 6.45) is 3.53. The highest BCUT2D eigenvalue weighted by Crippen LogP contribution is 2.20. The summed E-state index contributed by atoms with van der Waals surface area (Å²) >= 11 is 0. The van der Waals surface area contributed by atoms with Crippen LogP contribution >= 0.6 is 0 Å². The van der Waals surface area contributed by atoms with Gasteiger partial charge in [-0.15, -0.1) is 0 Å². The van der Waals surface area contributed by atoms with Crippen molar-refractivity contribution in [3.63, 3.8) is 0 Å². The molecular weight excluding hydrogens is 322 g/mol. The standard InChI is InChI=1S/C17H23N5O3/c1-19-14(9-16(23)20(2)17(19)24)12-21-4-6-22(7-5-21)13-8-15(25-3)11-18-10-13/h8-11H,4-7,12H2,1-3H3. The van der Waals surface area contributed by atoms with E-state index in [2.05, 4.69) is 14.8 Å². The predicted molar refractivity (Wildman–Crippen MR) is 95.2 cm³/mol. The predicted octanol–water partition coefficient (Wildman–Crippen LogP) is -0.190. The Morgan fingerprint density at radius 2 is 1.76 bits per heavy atom. The van der Waals surface area contributed by atoms with Crippen molar-refractivity contribution in [2.75, 3.05) is 38.2 Å². The van der Waals surface area contributed by atoms with Gasteiger partial charge >= 0.3 is 5.69 Å². The van der Waals surface area contributed by atoms with Gasteiger partial charge in [0.2, 0.25) is 0 Å². The van der Waals surface area contributed by atoms with E-state index in [0.717, 1.165) is 47.9 Å². The molecule has 0 N–H and O–H groups in total. The Kier molecular flexibility index (Phi) is 4.89. The van der Waals surface area contributed by atoms with E-state index in [1.54, 1.807) is 31.0 Å². The maximum absolute atomic E-state index is 12.0. The van der Waals surface area contributed by atoms with Gasteiger partial charge in [-0.1, -0.05) is 0 Å². The third-order valence-electron chi connectivity index (χ3n) is 4.68. The molecule has 0 bridgehead atoms. The minimum Gasteiger partial charge on any atom is -0.495 e. The lowest BCUT2D eigenvalue weighted by Gasteiger charge is -2.36. The highest BCUT2D eigenvalue weighted by atomic mass is 16.5. The molecule has 8 nitrogen and oxygen atoms in total. The van der Waals surface area contributed by atoms with E-state index in [-0.39, 0.29) is 11.2 Å². The second kappa shape index (κ2) is 7.10. The fourth-order valence-corrected chi connectivity index (χ4v) is 3.02. The second-order valence-corrected chi connectivity index (χ2v) is 6.22. The Hall–Kier alpha value is -2.61. The number of hydrogen-bond donors (Lipinski definition) is 0. The van der Waals surface area contributed by atoms with Gasteiger partial charge in [0, 0.05) is 64.6 Å². The third-order valence-corrected chi connectivity index (χ3v) is 4.68. The minimum atomic E-state index is -0.288. The number of nitrogens with zero attached hydrogens (tertiary/aromatic N) is 5. The third kappa shape index (κ3) is 3.58. The molecule has 1 fully saturated rings. The van der Waals surface area contributed by atoms with E-state index < -0.39 is 0 Å². The molecular formula is C17H23N5O3. The van der Waals surface area contributed by atoms with Crippen LogP contribution in [-0.2, 0) is 20.6 Å². The van der Waals surface area contributed by atoms with Gasteiger partial charge in [-0.3, -0.25) is 23.8 Å². The number of piperazine rings is 1. The smallest absolute Gasteiger partial charge is 0.330 e. The summed E-state index contributed by atoms with van der Waals surface area (Å²) in [5.74, 6) is 0.745. The molecule has 2 aromatic heterocycles. The molecule has 3 heterocycles. The van der Waals surface area contributed by atoms with Gasteiger partial charge in [0.15, 0.2) is 0 Å². The summed E-state index contributed by atoms with van der Waals surface area (Å²) in [6.45, 7) is 3.99. The van der Waals surface area contributed by atoms with Crippen LogP contribution in [0.15, 0.2) is 34.1 Å². The molecule has 0 atom stereocenters. The molecule has 8 heteroatoms. The first-order chi connectivity index (χ1) is 12.0. The zero-order valence-corrected chi connectivity index (χ0v) is 14.8. The van der Waals surface area contributed by atoms with Crippen molar-refractivity contribution in [3.8, 4) is 5.75 Å². The maximum atomic E-state index is 12.0. The summed E-state index contributed by atoms with van der Waals surface area (Å²) in [7, 11) is 4.83. The Labute approximate surface area is 145 Å². The molecule has 3 rings (SSSR count). The summed E-state index contributed by atoms with van der Waals surface area (Å²) < 4.78 is 7.89. The molecule has 2 aromatic rings. The van der Waals surface area contributed by atoms with Crippen molar-refractivity contribution in [2.45, 2.75) is 6.54 Å². The van der Waals surface area contributed by atoms with Crippen molar-refractivity contribution in [3.05, 3.63) is 51.1 Å². The molecule has 0 unspecified atom stereocenters. The second-order valence-electron chi connectivity index (χ2n) is 6.22. The van der Waals surface area contributed by atoms with Gasteiger partial charge in [-0.05, 0) is 0 Å². The maximum Gasteiger partial charge on any atom is 0.330 e. The van der Waals surface area contributed by atoms with E-state index in [1.165, 1.54) is 7.05 Å². The monoisotopic (exact) mass is 345 g/mol. The topological polar surface area (TPSA) is 72.6 Å². The van der Waals surface area contributed by atoms with Crippen LogP contribution in [0.1, 0.15) is 5.69 Å². The van der Waals surface area contributed by atoms with Crippen molar-refractivity contribution < 1.29 is 4.74 Å². The van der Waals surface area contributed by atoms with Gasteiger partial charge in [0.1, 0.15) is 5.75 Å². The minimum absolute atomic E-state index is 0.265. The van der Waals surface area contributed by atoms with Crippen LogP contribution in [0.2, 0.25) is 0 Å². The summed E-state index contributed by atoms with van der Waals surface area (Å²) in [4.78, 5) is 32.6. The highest BCUT2D eigenvalue weighted by Gasteiger charge is 2.19. The van der Waals surface area contributed by atoms with Crippen LogP contribution in [0, 0.1) is 0 Å². The van der Waals surface area contributed by atoms with Crippen molar-refractivity contribution in [1.82, 2.24) is 19.0 Å². The molecule has 1 saturated heterocycles. The summed E-state index contributed by atoms with van der Waals surface area (Å²) in [5, 5.41) is 0.